The van der Waals surface area contributed by atoms with Gasteiger partial charge in [0.15, 0.2) is 11.5 Å². The van der Waals surface area contributed by atoms with Crippen LogP contribution < -0.4 is 14.9 Å². The van der Waals surface area contributed by atoms with Gasteiger partial charge in [-0.25, -0.2) is 0 Å². The zero-order valence-corrected chi connectivity index (χ0v) is 13.4. The summed E-state index contributed by atoms with van der Waals surface area (Å²) in [5, 5.41) is 4.86. The monoisotopic (exact) mass is 318 g/mol. The first kappa shape index (κ1) is 16.2. The van der Waals surface area contributed by atoms with Crippen LogP contribution in [0.4, 0.5) is 5.69 Å². The molecule has 0 spiro atoms. The fraction of sp³-hybridized carbons (Fsp3) is 0.235. The number of hydrogen-bond acceptors (Lipinski definition) is 4. The highest BCUT2D eigenvalue weighted by molar-refractivity contribution is 6.30. The molecule has 2 aromatic rings. The van der Waals surface area contributed by atoms with Crippen molar-refractivity contribution >= 4 is 23.5 Å². The Morgan fingerprint density at radius 3 is 2.77 bits per heavy atom. The number of halogens is 1. The molecule has 0 aliphatic rings. The predicted molar refractivity (Wildman–Crippen MR) is 91.4 cm³/mol. The Morgan fingerprint density at radius 1 is 1.18 bits per heavy atom. The van der Waals surface area contributed by atoms with E-state index in [0.29, 0.717) is 17.4 Å². The fourth-order valence-electron chi connectivity index (χ4n) is 1.84. The summed E-state index contributed by atoms with van der Waals surface area (Å²) >= 11 is 5.92. The van der Waals surface area contributed by atoms with Gasteiger partial charge in [0.2, 0.25) is 0 Å². The number of anilines is 1. The summed E-state index contributed by atoms with van der Waals surface area (Å²) in [5.41, 5.74) is 4.68. The zero-order valence-electron chi connectivity index (χ0n) is 12.7. The number of rotatable bonds is 7. The van der Waals surface area contributed by atoms with Gasteiger partial charge in [-0.3, -0.25) is 5.43 Å². The van der Waals surface area contributed by atoms with E-state index in [1.165, 1.54) is 0 Å². The van der Waals surface area contributed by atoms with Gasteiger partial charge in [0.1, 0.15) is 0 Å². The van der Waals surface area contributed by atoms with Crippen molar-refractivity contribution in [1.29, 1.82) is 0 Å². The Morgan fingerprint density at radius 2 is 2.05 bits per heavy atom. The first-order valence-corrected chi connectivity index (χ1v) is 7.46. The van der Waals surface area contributed by atoms with Gasteiger partial charge in [-0.2, -0.15) is 5.10 Å². The lowest BCUT2D eigenvalue weighted by molar-refractivity contribution is 0.294. The topological polar surface area (TPSA) is 42.8 Å². The smallest absolute Gasteiger partial charge is 0.161 e. The molecule has 2 rings (SSSR count). The van der Waals surface area contributed by atoms with E-state index in [0.717, 1.165) is 23.4 Å². The summed E-state index contributed by atoms with van der Waals surface area (Å²) in [6, 6.07) is 13.1. The van der Waals surface area contributed by atoms with Gasteiger partial charge in [-0.05, 0) is 48.4 Å². The molecule has 1 N–H and O–H groups in total. The van der Waals surface area contributed by atoms with E-state index in [4.69, 9.17) is 21.1 Å². The molecule has 0 saturated carbocycles. The highest BCUT2D eigenvalue weighted by Gasteiger charge is 2.04. The normalized spacial score (nSPS) is 10.7. The van der Waals surface area contributed by atoms with Crippen molar-refractivity contribution in [2.45, 2.75) is 13.3 Å². The molecule has 0 saturated heterocycles. The molecule has 2 aromatic carbocycles. The Kier molecular flexibility index (Phi) is 6.10. The van der Waals surface area contributed by atoms with Crippen LogP contribution in [0.5, 0.6) is 11.5 Å². The molecular formula is C17H19ClN2O2. The van der Waals surface area contributed by atoms with Crippen LogP contribution in [0.15, 0.2) is 47.6 Å². The summed E-state index contributed by atoms with van der Waals surface area (Å²) in [6.07, 6.45) is 2.67. The number of nitrogens with one attached hydrogen (secondary N) is 1. The van der Waals surface area contributed by atoms with E-state index in [1.807, 2.05) is 36.4 Å². The second kappa shape index (κ2) is 8.29. The maximum Gasteiger partial charge on any atom is 0.161 e. The lowest BCUT2D eigenvalue weighted by Gasteiger charge is -2.10. The van der Waals surface area contributed by atoms with Crippen LogP contribution in [0.2, 0.25) is 5.02 Å². The average Bonchev–Trinajstić information content (AvgIpc) is 2.53. The highest BCUT2D eigenvalue weighted by atomic mass is 35.5. The molecule has 116 valence electrons. The second-order valence-corrected chi connectivity index (χ2v) is 5.08. The first-order chi connectivity index (χ1) is 10.7. The SMILES string of the molecule is CCCOc1ccc(C=NNc2cccc(Cl)c2)cc1OC. The maximum atomic E-state index is 5.92. The van der Waals surface area contributed by atoms with Crippen LogP contribution in [0.25, 0.3) is 0 Å². The van der Waals surface area contributed by atoms with E-state index in [9.17, 15) is 0 Å². The van der Waals surface area contributed by atoms with Crippen molar-refractivity contribution in [2.24, 2.45) is 5.10 Å². The molecule has 0 aromatic heterocycles. The molecule has 0 fully saturated rings. The van der Waals surface area contributed by atoms with Crippen LogP contribution in [0.1, 0.15) is 18.9 Å². The van der Waals surface area contributed by atoms with Crippen molar-refractivity contribution in [3.05, 3.63) is 53.1 Å². The van der Waals surface area contributed by atoms with Gasteiger partial charge in [-0.15, -0.1) is 0 Å². The van der Waals surface area contributed by atoms with Crippen LogP contribution in [0.3, 0.4) is 0 Å². The van der Waals surface area contributed by atoms with E-state index in [-0.39, 0.29) is 0 Å². The molecule has 0 heterocycles. The third-order valence-electron chi connectivity index (χ3n) is 2.88. The van der Waals surface area contributed by atoms with Crippen molar-refractivity contribution < 1.29 is 9.47 Å². The lowest BCUT2D eigenvalue weighted by atomic mass is 10.2. The number of hydrazone groups is 1. The maximum absolute atomic E-state index is 5.92. The molecule has 0 radical (unpaired) electrons. The standard InChI is InChI=1S/C17H19ClN2O2/c1-3-9-22-16-8-7-13(10-17(16)21-2)12-19-20-15-6-4-5-14(18)11-15/h4-8,10-12,20H,3,9H2,1-2H3. The minimum atomic E-state index is 0.666. The summed E-state index contributed by atoms with van der Waals surface area (Å²) in [4.78, 5) is 0. The van der Waals surface area contributed by atoms with E-state index < -0.39 is 0 Å². The molecular weight excluding hydrogens is 300 g/mol. The molecule has 0 bridgehead atoms. The minimum absolute atomic E-state index is 0.666. The minimum Gasteiger partial charge on any atom is -0.493 e. The molecule has 0 amide bonds. The number of methoxy groups -OCH3 is 1. The summed E-state index contributed by atoms with van der Waals surface area (Å²) < 4.78 is 11.0. The van der Waals surface area contributed by atoms with Gasteiger partial charge in [0.05, 0.1) is 25.6 Å². The van der Waals surface area contributed by atoms with Crippen LogP contribution >= 0.6 is 11.6 Å². The van der Waals surface area contributed by atoms with E-state index in [1.54, 1.807) is 19.4 Å². The third-order valence-corrected chi connectivity index (χ3v) is 3.12. The van der Waals surface area contributed by atoms with Crippen molar-refractivity contribution in [3.8, 4) is 11.5 Å². The number of ether oxygens (including phenoxy) is 2. The molecule has 0 aliphatic heterocycles. The molecule has 0 unspecified atom stereocenters. The largest absolute Gasteiger partial charge is 0.493 e. The van der Waals surface area contributed by atoms with Crippen molar-refractivity contribution in [1.82, 2.24) is 0 Å². The lowest BCUT2D eigenvalue weighted by Crippen LogP contribution is -1.98. The van der Waals surface area contributed by atoms with Crippen molar-refractivity contribution in [3.63, 3.8) is 0 Å². The molecule has 0 aliphatic carbocycles. The van der Waals surface area contributed by atoms with Gasteiger partial charge in [-0.1, -0.05) is 24.6 Å². The third kappa shape index (κ3) is 4.67. The number of hydrogen-bond donors (Lipinski definition) is 1. The summed E-state index contributed by atoms with van der Waals surface area (Å²) in [6.45, 7) is 2.73. The Bertz CT molecular complexity index is 644. The quantitative estimate of drug-likeness (QED) is 0.600. The number of nitrogens with zero attached hydrogens (tertiary/aromatic N) is 1. The van der Waals surface area contributed by atoms with Gasteiger partial charge < -0.3 is 9.47 Å². The van der Waals surface area contributed by atoms with Crippen molar-refractivity contribution in [2.75, 3.05) is 19.1 Å². The Hall–Kier alpha value is -2.20. The Labute approximate surface area is 135 Å². The molecule has 0 atom stereocenters. The molecule has 22 heavy (non-hydrogen) atoms. The Balaban J connectivity index is 2.04. The van der Waals surface area contributed by atoms with Crippen LogP contribution in [-0.4, -0.2) is 19.9 Å². The van der Waals surface area contributed by atoms with Crippen LogP contribution in [0, 0.1) is 0 Å². The van der Waals surface area contributed by atoms with Gasteiger partial charge >= 0.3 is 0 Å². The van der Waals surface area contributed by atoms with Crippen LogP contribution in [-0.2, 0) is 0 Å². The van der Waals surface area contributed by atoms with E-state index in [2.05, 4.69) is 17.5 Å². The van der Waals surface area contributed by atoms with Gasteiger partial charge in [0.25, 0.3) is 0 Å². The summed E-state index contributed by atoms with van der Waals surface area (Å²) in [7, 11) is 1.62. The highest BCUT2D eigenvalue weighted by Crippen LogP contribution is 2.27. The number of benzene rings is 2. The van der Waals surface area contributed by atoms with E-state index >= 15 is 0 Å². The summed E-state index contributed by atoms with van der Waals surface area (Å²) in [5.74, 6) is 1.43. The van der Waals surface area contributed by atoms with Gasteiger partial charge in [0, 0.05) is 5.02 Å². The second-order valence-electron chi connectivity index (χ2n) is 4.64. The molecule has 4 nitrogen and oxygen atoms in total. The average molecular weight is 319 g/mol. The fourth-order valence-corrected chi connectivity index (χ4v) is 2.03. The zero-order chi connectivity index (χ0) is 15.8. The molecule has 5 heteroatoms. The predicted octanol–water partition coefficient (Wildman–Crippen LogP) is 4.58. The first-order valence-electron chi connectivity index (χ1n) is 7.08.